The quantitative estimate of drug-likeness (QED) is 0.341. The molecule has 7 rings (SSSR count). The third-order valence-electron chi connectivity index (χ3n) is 9.34. The van der Waals surface area contributed by atoms with E-state index in [-0.39, 0.29) is 24.5 Å². The van der Waals surface area contributed by atoms with Gasteiger partial charge in [0.2, 0.25) is 0 Å². The standard InChI is InChI=1S/C33H33N3O6/c1-3-41-31(38)27-26(25-14-9-19-35(25)33(27)23-12-7-8-13-24(23)34-32(33)39)28-29(42-22-10-5-4-6-11-22)30(37)36(28)20-15-17-21(40-2)18-16-20/h4-8,10-13,15-18,25-29H,3,9,14,19H2,1-2H3,(H,34,39)/t25?,26?,27-,28?,29?,33+/m0/s1. The highest BCUT2D eigenvalue weighted by atomic mass is 16.5. The van der Waals surface area contributed by atoms with Crippen LogP contribution in [0, 0.1) is 11.8 Å². The molecule has 2 amide bonds. The molecule has 3 fully saturated rings. The Bertz CT molecular complexity index is 1530. The minimum atomic E-state index is -1.24. The molecule has 4 aliphatic heterocycles. The van der Waals surface area contributed by atoms with E-state index in [0.29, 0.717) is 29.4 Å². The van der Waals surface area contributed by atoms with Crippen LogP contribution in [-0.2, 0) is 24.7 Å². The van der Waals surface area contributed by atoms with Gasteiger partial charge < -0.3 is 24.4 Å². The average Bonchev–Trinajstić information content (AvgIpc) is 3.68. The number of methoxy groups -OCH3 is 1. The number of anilines is 2. The number of nitrogens with zero attached hydrogens (tertiary/aromatic N) is 2. The Hall–Kier alpha value is -4.37. The van der Waals surface area contributed by atoms with Crippen LogP contribution < -0.4 is 19.7 Å². The predicted octanol–water partition coefficient (Wildman–Crippen LogP) is 3.98. The highest BCUT2D eigenvalue weighted by Gasteiger charge is 2.74. The molecule has 6 atom stereocenters. The van der Waals surface area contributed by atoms with Crippen molar-refractivity contribution in [3.8, 4) is 11.5 Å². The lowest BCUT2D eigenvalue weighted by molar-refractivity contribution is -0.158. The van der Waals surface area contributed by atoms with E-state index in [1.54, 1.807) is 18.9 Å². The summed E-state index contributed by atoms with van der Waals surface area (Å²) in [4.78, 5) is 46.2. The molecule has 4 unspecified atom stereocenters. The van der Waals surface area contributed by atoms with Crippen LogP contribution in [0.15, 0.2) is 78.9 Å². The van der Waals surface area contributed by atoms with Gasteiger partial charge in [0.15, 0.2) is 6.10 Å². The Morgan fingerprint density at radius 3 is 2.45 bits per heavy atom. The first kappa shape index (κ1) is 26.5. The smallest absolute Gasteiger partial charge is 0.312 e. The molecular weight excluding hydrogens is 534 g/mol. The number of amides is 2. The van der Waals surface area contributed by atoms with Crippen molar-refractivity contribution in [3.63, 3.8) is 0 Å². The summed E-state index contributed by atoms with van der Waals surface area (Å²) in [5.74, 6) is -0.897. The zero-order valence-corrected chi connectivity index (χ0v) is 23.6. The summed E-state index contributed by atoms with van der Waals surface area (Å²) in [5.41, 5.74) is 0.931. The Morgan fingerprint density at radius 2 is 1.71 bits per heavy atom. The lowest BCUT2D eigenvalue weighted by Gasteiger charge is -2.51. The topological polar surface area (TPSA) is 97.4 Å². The number of para-hydroxylation sites is 2. The fraction of sp³-hybridized carbons (Fsp3) is 0.364. The van der Waals surface area contributed by atoms with Crippen molar-refractivity contribution in [1.82, 2.24) is 4.90 Å². The van der Waals surface area contributed by atoms with Crippen LogP contribution in [-0.4, -0.2) is 61.1 Å². The van der Waals surface area contributed by atoms with Gasteiger partial charge in [0, 0.05) is 28.9 Å². The lowest BCUT2D eigenvalue weighted by Crippen LogP contribution is -2.72. The number of carbonyl (C=O) groups excluding carboxylic acids is 3. The van der Waals surface area contributed by atoms with Crippen molar-refractivity contribution in [2.75, 3.05) is 30.5 Å². The van der Waals surface area contributed by atoms with Gasteiger partial charge in [-0.25, -0.2) is 0 Å². The number of carbonyl (C=O) groups is 3. The predicted molar refractivity (Wildman–Crippen MR) is 155 cm³/mol. The molecule has 0 aliphatic carbocycles. The number of hydrogen-bond donors (Lipinski definition) is 1. The minimum absolute atomic E-state index is 0.142. The minimum Gasteiger partial charge on any atom is -0.497 e. The molecule has 3 saturated heterocycles. The lowest BCUT2D eigenvalue weighted by atomic mass is 9.68. The fourth-order valence-electron chi connectivity index (χ4n) is 7.82. The molecule has 1 spiro atoms. The third kappa shape index (κ3) is 3.69. The van der Waals surface area contributed by atoms with E-state index >= 15 is 0 Å². The molecule has 0 saturated carbocycles. The summed E-state index contributed by atoms with van der Waals surface area (Å²) < 4.78 is 17.5. The monoisotopic (exact) mass is 567 g/mol. The van der Waals surface area contributed by atoms with Crippen molar-refractivity contribution >= 4 is 29.2 Å². The van der Waals surface area contributed by atoms with E-state index in [0.717, 1.165) is 18.4 Å². The van der Waals surface area contributed by atoms with E-state index in [2.05, 4.69) is 10.2 Å². The first-order valence-corrected chi connectivity index (χ1v) is 14.5. The van der Waals surface area contributed by atoms with Crippen molar-refractivity contribution < 1.29 is 28.6 Å². The largest absolute Gasteiger partial charge is 0.497 e. The molecule has 4 aliphatic rings. The molecule has 0 radical (unpaired) electrons. The van der Waals surface area contributed by atoms with Gasteiger partial charge in [-0.1, -0.05) is 36.4 Å². The molecule has 0 aromatic heterocycles. The molecule has 3 aromatic carbocycles. The molecule has 4 heterocycles. The van der Waals surface area contributed by atoms with Crippen LogP contribution in [0.25, 0.3) is 0 Å². The Labute approximate surface area is 244 Å². The van der Waals surface area contributed by atoms with Crippen molar-refractivity contribution in [2.24, 2.45) is 11.8 Å². The maximum absolute atomic E-state index is 14.2. The van der Waals surface area contributed by atoms with Crippen LogP contribution in [0.4, 0.5) is 11.4 Å². The van der Waals surface area contributed by atoms with Gasteiger partial charge in [-0.2, -0.15) is 0 Å². The maximum Gasteiger partial charge on any atom is 0.312 e. The molecule has 1 N–H and O–H groups in total. The second-order valence-corrected chi connectivity index (χ2v) is 11.2. The Morgan fingerprint density at radius 1 is 0.976 bits per heavy atom. The summed E-state index contributed by atoms with van der Waals surface area (Å²) in [7, 11) is 1.59. The summed E-state index contributed by atoms with van der Waals surface area (Å²) in [5, 5.41) is 3.07. The number of ether oxygens (including phenoxy) is 3. The summed E-state index contributed by atoms with van der Waals surface area (Å²) >= 11 is 0. The van der Waals surface area contributed by atoms with Gasteiger partial charge in [0.05, 0.1) is 25.7 Å². The van der Waals surface area contributed by atoms with Crippen LogP contribution in [0.1, 0.15) is 25.3 Å². The molecular formula is C33H33N3O6. The van der Waals surface area contributed by atoms with Crippen molar-refractivity contribution in [1.29, 1.82) is 0 Å². The van der Waals surface area contributed by atoms with E-state index < -0.39 is 35.5 Å². The maximum atomic E-state index is 14.2. The normalized spacial score (nSPS) is 29.6. The number of benzene rings is 3. The number of fused-ring (bicyclic) bond motifs is 4. The van der Waals surface area contributed by atoms with Crippen molar-refractivity contribution in [3.05, 3.63) is 84.4 Å². The Balaban J connectivity index is 1.39. The summed E-state index contributed by atoms with van der Waals surface area (Å²) in [6.07, 6.45) is 0.826. The molecule has 9 heteroatoms. The van der Waals surface area contributed by atoms with Crippen LogP contribution >= 0.6 is 0 Å². The molecule has 3 aromatic rings. The summed E-state index contributed by atoms with van der Waals surface area (Å²) in [6, 6.07) is 23.5. The zero-order chi connectivity index (χ0) is 29.0. The van der Waals surface area contributed by atoms with E-state index in [1.807, 2.05) is 78.9 Å². The third-order valence-corrected chi connectivity index (χ3v) is 9.34. The van der Waals surface area contributed by atoms with Crippen molar-refractivity contribution in [2.45, 2.75) is 43.5 Å². The molecule has 216 valence electrons. The van der Waals surface area contributed by atoms with E-state index in [9.17, 15) is 14.4 Å². The number of esters is 1. The van der Waals surface area contributed by atoms with Gasteiger partial charge >= 0.3 is 5.97 Å². The highest BCUT2D eigenvalue weighted by Crippen LogP contribution is 2.60. The second kappa shape index (κ2) is 10.2. The van der Waals surface area contributed by atoms with Gasteiger partial charge in [-0.3, -0.25) is 19.3 Å². The molecule has 42 heavy (non-hydrogen) atoms. The number of hydrogen-bond acceptors (Lipinski definition) is 7. The first-order valence-electron chi connectivity index (χ1n) is 14.5. The van der Waals surface area contributed by atoms with Crippen LogP contribution in [0.5, 0.6) is 11.5 Å². The van der Waals surface area contributed by atoms with Crippen LogP contribution in [0.2, 0.25) is 0 Å². The highest BCUT2D eigenvalue weighted by molar-refractivity contribution is 6.10. The van der Waals surface area contributed by atoms with E-state index in [1.165, 1.54) is 0 Å². The van der Waals surface area contributed by atoms with E-state index in [4.69, 9.17) is 14.2 Å². The fourth-order valence-corrected chi connectivity index (χ4v) is 7.82. The number of rotatable bonds is 7. The molecule has 0 bridgehead atoms. The first-order chi connectivity index (χ1) is 20.5. The second-order valence-electron chi connectivity index (χ2n) is 11.2. The summed E-state index contributed by atoms with van der Waals surface area (Å²) in [6.45, 7) is 2.62. The van der Waals surface area contributed by atoms with Gasteiger partial charge in [-0.05, 0) is 68.8 Å². The molecule has 9 nitrogen and oxygen atoms in total. The average molecular weight is 568 g/mol. The van der Waals surface area contributed by atoms with Gasteiger partial charge in [-0.15, -0.1) is 0 Å². The van der Waals surface area contributed by atoms with Crippen LogP contribution in [0.3, 0.4) is 0 Å². The number of β-lactam (4-membered cyclic amide) rings is 1. The van der Waals surface area contributed by atoms with Gasteiger partial charge in [0.25, 0.3) is 11.8 Å². The number of nitrogens with one attached hydrogen (secondary N) is 1. The Kier molecular flexibility index (Phi) is 6.42. The van der Waals surface area contributed by atoms with Gasteiger partial charge in [0.1, 0.15) is 17.0 Å². The SMILES string of the molecule is CCOC(=O)[C@@H]1C(C2C(Oc3ccccc3)C(=O)N2c2ccc(OC)cc2)C2CCCN2[C@@]12C(=O)Nc1ccccc12. The zero-order valence-electron chi connectivity index (χ0n) is 23.6.